The molecule has 4 N–H and O–H groups in total. The number of hydrogen-bond donors (Lipinski definition) is 2. The van der Waals surface area contributed by atoms with Crippen LogP contribution < -0.4 is 11.5 Å². The highest BCUT2D eigenvalue weighted by Gasteiger charge is 2.27. The number of ketones is 1. The van der Waals surface area contributed by atoms with E-state index < -0.39 is 11.8 Å². The van der Waals surface area contributed by atoms with Crippen LogP contribution in [0.4, 0.5) is 0 Å². The van der Waals surface area contributed by atoms with Gasteiger partial charge in [0.1, 0.15) is 5.78 Å². The fourth-order valence-corrected chi connectivity index (χ4v) is 2.72. The average Bonchev–Trinajstić information content (AvgIpc) is 2.52. The molecule has 0 aliphatic rings. The maximum atomic E-state index is 12.9. The van der Waals surface area contributed by atoms with Crippen molar-refractivity contribution in [1.29, 1.82) is 0 Å². The van der Waals surface area contributed by atoms with Crippen LogP contribution in [0.5, 0.6) is 0 Å². The van der Waals surface area contributed by atoms with E-state index >= 15 is 0 Å². The molecule has 0 aromatic heterocycles. The highest BCUT2D eigenvalue weighted by molar-refractivity contribution is 6.30. The van der Waals surface area contributed by atoms with Gasteiger partial charge in [0.15, 0.2) is 0 Å². The number of rotatable bonds is 6. The molecule has 2 aromatic rings. The van der Waals surface area contributed by atoms with Crippen molar-refractivity contribution in [1.82, 2.24) is 0 Å². The third-order valence-corrected chi connectivity index (χ3v) is 4.21. The van der Waals surface area contributed by atoms with Gasteiger partial charge in [0.25, 0.3) is 0 Å². The molecule has 0 fully saturated rings. The van der Waals surface area contributed by atoms with Gasteiger partial charge in [-0.25, -0.2) is 0 Å². The molecule has 2 atom stereocenters. The van der Waals surface area contributed by atoms with Gasteiger partial charge in [0.2, 0.25) is 0 Å². The number of benzene rings is 2. The minimum atomic E-state index is -0.401. The zero-order valence-corrected chi connectivity index (χ0v) is 13.5. The summed E-state index contributed by atoms with van der Waals surface area (Å²) in [5, 5.41) is 1.25. The van der Waals surface area contributed by atoms with Crippen molar-refractivity contribution in [3.63, 3.8) is 0 Å². The summed E-state index contributed by atoms with van der Waals surface area (Å²) in [5.74, 6) is -0.794. The molecule has 0 heterocycles. The van der Waals surface area contributed by atoms with E-state index in [0.717, 1.165) is 11.1 Å². The Balaban J connectivity index is 2.29. The first kappa shape index (κ1) is 17.0. The van der Waals surface area contributed by atoms with Gasteiger partial charge in [0.05, 0.1) is 11.8 Å². The fourth-order valence-electron chi connectivity index (χ4n) is 2.47. The molecule has 2 aromatic carbocycles. The fraction of sp³-hybridized carbons (Fsp3) is 0.235. The van der Waals surface area contributed by atoms with Gasteiger partial charge in [-0.05, 0) is 35.4 Å². The molecule has 5 heteroatoms. The van der Waals surface area contributed by atoms with Gasteiger partial charge >= 0.3 is 0 Å². The zero-order chi connectivity index (χ0) is 16.1. The number of carbonyl (C=O) groups excluding carboxylic acids is 1. The molecule has 0 saturated carbocycles. The maximum absolute atomic E-state index is 12.9. The Morgan fingerprint density at radius 1 is 0.773 bits per heavy atom. The standard InChI is InChI=1S/C17H18Cl2N2O/c18-13-5-1-11(2-6-13)15(9-20)17(22)16(10-21)12-3-7-14(19)8-4-12/h1-8,15-16H,9-10,20-21H2. The zero-order valence-electron chi connectivity index (χ0n) is 12.0. The van der Waals surface area contributed by atoms with E-state index in [4.69, 9.17) is 34.7 Å². The van der Waals surface area contributed by atoms with E-state index in [2.05, 4.69) is 0 Å². The van der Waals surface area contributed by atoms with Crippen LogP contribution in [-0.4, -0.2) is 18.9 Å². The number of hydrogen-bond acceptors (Lipinski definition) is 3. The third kappa shape index (κ3) is 3.87. The molecular weight excluding hydrogens is 319 g/mol. The average molecular weight is 337 g/mol. The first-order valence-corrected chi connectivity index (χ1v) is 7.77. The third-order valence-electron chi connectivity index (χ3n) is 3.70. The SMILES string of the molecule is NCC(C(=O)C(CN)c1ccc(Cl)cc1)c1ccc(Cl)cc1. The monoisotopic (exact) mass is 336 g/mol. The second-order valence-corrected chi connectivity index (χ2v) is 5.95. The quantitative estimate of drug-likeness (QED) is 0.849. The summed E-state index contributed by atoms with van der Waals surface area (Å²) in [7, 11) is 0. The van der Waals surface area contributed by atoms with Gasteiger partial charge < -0.3 is 11.5 Å². The second-order valence-electron chi connectivity index (χ2n) is 5.08. The van der Waals surface area contributed by atoms with Crippen LogP contribution in [0.2, 0.25) is 10.0 Å². The number of Topliss-reactive ketones (excluding diaryl/α,β-unsaturated/α-hetero) is 1. The summed E-state index contributed by atoms with van der Waals surface area (Å²) in [6.07, 6.45) is 0. The Morgan fingerprint density at radius 2 is 1.09 bits per heavy atom. The summed E-state index contributed by atoms with van der Waals surface area (Å²) in [5.41, 5.74) is 13.3. The first-order valence-electron chi connectivity index (χ1n) is 7.01. The minimum Gasteiger partial charge on any atom is -0.329 e. The summed E-state index contributed by atoms with van der Waals surface area (Å²) in [6.45, 7) is 0.453. The van der Waals surface area contributed by atoms with E-state index in [-0.39, 0.29) is 18.9 Å². The Hall–Kier alpha value is -1.39. The van der Waals surface area contributed by atoms with Crippen molar-refractivity contribution >= 4 is 29.0 Å². The molecule has 0 spiro atoms. The van der Waals surface area contributed by atoms with Gasteiger partial charge in [-0.15, -0.1) is 0 Å². The number of halogens is 2. The molecule has 2 rings (SSSR count). The van der Waals surface area contributed by atoms with Crippen LogP contribution in [0, 0.1) is 0 Å². The van der Waals surface area contributed by atoms with Crippen LogP contribution in [0.15, 0.2) is 48.5 Å². The normalized spacial score (nSPS) is 13.6. The topological polar surface area (TPSA) is 69.1 Å². The predicted octanol–water partition coefficient (Wildman–Crippen LogP) is 3.35. The molecule has 116 valence electrons. The van der Waals surface area contributed by atoms with Crippen molar-refractivity contribution in [3.8, 4) is 0 Å². The van der Waals surface area contributed by atoms with E-state index in [1.807, 2.05) is 24.3 Å². The van der Waals surface area contributed by atoms with E-state index in [0.29, 0.717) is 10.0 Å². The van der Waals surface area contributed by atoms with Crippen molar-refractivity contribution in [2.24, 2.45) is 11.5 Å². The lowest BCUT2D eigenvalue weighted by Gasteiger charge is -2.21. The first-order chi connectivity index (χ1) is 10.6. The summed E-state index contributed by atoms with van der Waals surface area (Å²) < 4.78 is 0. The molecule has 0 aliphatic carbocycles. The molecule has 3 nitrogen and oxygen atoms in total. The van der Waals surface area contributed by atoms with Crippen LogP contribution in [0.25, 0.3) is 0 Å². The Labute approximate surface area is 140 Å². The second kappa shape index (κ2) is 7.75. The Morgan fingerprint density at radius 3 is 1.36 bits per heavy atom. The lowest BCUT2D eigenvalue weighted by Crippen LogP contribution is -2.30. The van der Waals surface area contributed by atoms with Crippen molar-refractivity contribution in [3.05, 3.63) is 69.7 Å². The summed E-state index contributed by atoms with van der Waals surface area (Å²) in [4.78, 5) is 12.9. The van der Waals surface area contributed by atoms with Crippen LogP contribution in [0.1, 0.15) is 23.0 Å². The van der Waals surface area contributed by atoms with Crippen LogP contribution >= 0.6 is 23.2 Å². The molecule has 0 bridgehead atoms. The number of carbonyl (C=O) groups is 1. The van der Waals surface area contributed by atoms with Gasteiger partial charge in [0, 0.05) is 23.1 Å². The van der Waals surface area contributed by atoms with Crippen molar-refractivity contribution in [2.45, 2.75) is 11.8 Å². The molecular formula is C17H18Cl2N2O. The maximum Gasteiger partial charge on any atom is 0.150 e. The largest absolute Gasteiger partial charge is 0.329 e. The van der Waals surface area contributed by atoms with Crippen molar-refractivity contribution < 1.29 is 4.79 Å². The van der Waals surface area contributed by atoms with Gasteiger partial charge in [-0.2, -0.15) is 0 Å². The van der Waals surface area contributed by atoms with Gasteiger partial charge in [-0.3, -0.25) is 4.79 Å². The highest BCUT2D eigenvalue weighted by Crippen LogP contribution is 2.27. The van der Waals surface area contributed by atoms with Crippen LogP contribution in [0.3, 0.4) is 0 Å². The van der Waals surface area contributed by atoms with Crippen LogP contribution in [-0.2, 0) is 4.79 Å². The van der Waals surface area contributed by atoms with E-state index in [1.54, 1.807) is 24.3 Å². The highest BCUT2D eigenvalue weighted by atomic mass is 35.5. The van der Waals surface area contributed by atoms with Crippen molar-refractivity contribution in [2.75, 3.05) is 13.1 Å². The molecule has 0 amide bonds. The van der Waals surface area contributed by atoms with Gasteiger partial charge in [-0.1, -0.05) is 47.5 Å². The molecule has 0 aliphatic heterocycles. The Kier molecular flexibility index (Phi) is 5.98. The van der Waals surface area contributed by atoms with E-state index in [9.17, 15) is 4.79 Å². The predicted molar refractivity (Wildman–Crippen MR) is 91.5 cm³/mol. The molecule has 0 radical (unpaired) electrons. The lowest BCUT2D eigenvalue weighted by atomic mass is 9.84. The molecule has 2 unspecified atom stereocenters. The summed E-state index contributed by atoms with van der Waals surface area (Å²) >= 11 is 11.8. The molecule has 0 saturated heterocycles. The molecule has 22 heavy (non-hydrogen) atoms. The summed E-state index contributed by atoms with van der Waals surface area (Å²) in [6, 6.07) is 14.3. The lowest BCUT2D eigenvalue weighted by molar-refractivity contribution is -0.121. The Bertz CT molecular complexity index is 571. The van der Waals surface area contributed by atoms with E-state index in [1.165, 1.54) is 0 Å². The number of nitrogens with two attached hydrogens (primary N) is 2. The minimum absolute atomic E-state index is 0.00893. The smallest absolute Gasteiger partial charge is 0.150 e.